The summed E-state index contributed by atoms with van der Waals surface area (Å²) >= 11 is 3.52. The predicted octanol–water partition coefficient (Wildman–Crippen LogP) is 3.83. The highest BCUT2D eigenvalue weighted by molar-refractivity contribution is 9.10. The zero-order chi connectivity index (χ0) is 13.0. The quantitative estimate of drug-likeness (QED) is 0.912. The molecule has 0 saturated carbocycles. The molecule has 1 atom stereocenters. The number of rotatable bonds is 5. The van der Waals surface area contributed by atoms with Gasteiger partial charge in [0.15, 0.2) is 0 Å². The topological polar surface area (TPSA) is 38.1 Å². The summed E-state index contributed by atoms with van der Waals surface area (Å²) in [6.45, 7) is 5.13. The van der Waals surface area contributed by atoms with Gasteiger partial charge in [0.25, 0.3) is 0 Å². The highest BCUT2D eigenvalue weighted by Crippen LogP contribution is 2.29. The van der Waals surface area contributed by atoms with Crippen LogP contribution in [0.3, 0.4) is 0 Å². The molecule has 1 unspecified atom stereocenters. The fourth-order valence-corrected chi connectivity index (χ4v) is 2.33. The number of nitrogens with one attached hydrogen (secondary N) is 1. The van der Waals surface area contributed by atoms with Crippen LogP contribution >= 0.6 is 15.9 Å². The van der Waals surface area contributed by atoms with Gasteiger partial charge in [0.2, 0.25) is 0 Å². The van der Waals surface area contributed by atoms with Crippen molar-refractivity contribution < 1.29 is 4.42 Å². The van der Waals surface area contributed by atoms with Crippen LogP contribution in [0, 0.1) is 6.92 Å². The third kappa shape index (κ3) is 3.00. The van der Waals surface area contributed by atoms with Crippen molar-refractivity contribution in [1.82, 2.24) is 10.3 Å². The summed E-state index contributed by atoms with van der Waals surface area (Å²) in [5, 5.41) is 3.49. The monoisotopic (exact) mass is 308 g/mol. The van der Waals surface area contributed by atoms with Gasteiger partial charge in [-0.15, -0.1) is 0 Å². The molecule has 0 aliphatic rings. The van der Waals surface area contributed by atoms with E-state index in [1.807, 2.05) is 25.4 Å². The number of halogens is 1. The van der Waals surface area contributed by atoms with Crippen molar-refractivity contribution in [3.8, 4) is 0 Å². The van der Waals surface area contributed by atoms with Crippen molar-refractivity contribution in [3.05, 3.63) is 52.1 Å². The first-order chi connectivity index (χ1) is 8.72. The Morgan fingerprint density at radius 3 is 2.89 bits per heavy atom. The molecule has 0 spiro atoms. The third-order valence-electron chi connectivity index (χ3n) is 2.73. The molecule has 2 aromatic heterocycles. The first kappa shape index (κ1) is 13.3. The molecule has 0 aliphatic carbocycles. The standard InChI is InChI=1S/C14H17BrN2O/c1-3-5-17-13(14-12(15)4-6-18-14)11-7-10(2)8-16-9-11/h4,6-9,13,17H,3,5H2,1-2H3. The molecule has 2 rings (SSSR count). The van der Waals surface area contributed by atoms with Crippen molar-refractivity contribution >= 4 is 15.9 Å². The number of hydrogen-bond acceptors (Lipinski definition) is 3. The Labute approximate surface area is 116 Å². The van der Waals surface area contributed by atoms with E-state index in [0.29, 0.717) is 0 Å². The molecule has 0 bridgehead atoms. The SMILES string of the molecule is CCCNC(c1cncc(C)c1)c1occc1Br. The maximum Gasteiger partial charge on any atom is 0.139 e. The highest BCUT2D eigenvalue weighted by Gasteiger charge is 2.19. The van der Waals surface area contributed by atoms with Crippen molar-refractivity contribution in [2.75, 3.05) is 6.54 Å². The molecule has 0 aliphatic heterocycles. The lowest BCUT2D eigenvalue weighted by atomic mass is 10.1. The minimum atomic E-state index is 0.0433. The fourth-order valence-electron chi connectivity index (χ4n) is 1.90. The molecule has 0 saturated heterocycles. The van der Waals surface area contributed by atoms with Gasteiger partial charge >= 0.3 is 0 Å². The molecule has 2 aromatic rings. The van der Waals surface area contributed by atoms with Gasteiger partial charge in [-0.05, 0) is 53.0 Å². The first-order valence-corrected chi connectivity index (χ1v) is 6.89. The average Bonchev–Trinajstić information content (AvgIpc) is 2.77. The van der Waals surface area contributed by atoms with Crippen molar-refractivity contribution in [3.63, 3.8) is 0 Å². The number of aromatic nitrogens is 1. The number of furan rings is 1. The normalized spacial score (nSPS) is 12.6. The Kier molecular flexibility index (Phi) is 4.55. The number of pyridine rings is 1. The van der Waals surface area contributed by atoms with Gasteiger partial charge in [-0.25, -0.2) is 0 Å². The van der Waals surface area contributed by atoms with Crippen LogP contribution in [0.1, 0.15) is 36.3 Å². The summed E-state index contributed by atoms with van der Waals surface area (Å²) in [4.78, 5) is 4.26. The van der Waals surface area contributed by atoms with Crippen LogP contribution in [-0.4, -0.2) is 11.5 Å². The Bertz CT molecular complexity index is 510. The van der Waals surface area contributed by atoms with Gasteiger partial charge in [-0.3, -0.25) is 4.98 Å². The Morgan fingerprint density at radius 2 is 2.28 bits per heavy atom. The lowest BCUT2D eigenvalue weighted by Gasteiger charge is -2.17. The first-order valence-electron chi connectivity index (χ1n) is 6.10. The lowest BCUT2D eigenvalue weighted by Crippen LogP contribution is -2.23. The van der Waals surface area contributed by atoms with Crippen LogP contribution in [0.4, 0.5) is 0 Å². The lowest BCUT2D eigenvalue weighted by molar-refractivity contribution is 0.443. The van der Waals surface area contributed by atoms with Gasteiger partial charge in [0.1, 0.15) is 5.76 Å². The summed E-state index contributed by atoms with van der Waals surface area (Å²) in [7, 11) is 0. The molecule has 4 heteroatoms. The molecular weight excluding hydrogens is 292 g/mol. The molecule has 0 aromatic carbocycles. The highest BCUT2D eigenvalue weighted by atomic mass is 79.9. The van der Waals surface area contributed by atoms with Crippen LogP contribution in [0.15, 0.2) is 39.7 Å². The second-order valence-electron chi connectivity index (χ2n) is 4.32. The summed E-state index contributed by atoms with van der Waals surface area (Å²) in [5.74, 6) is 0.899. The van der Waals surface area contributed by atoms with Gasteiger partial charge < -0.3 is 9.73 Å². The van der Waals surface area contributed by atoms with E-state index in [-0.39, 0.29) is 6.04 Å². The fraction of sp³-hybridized carbons (Fsp3) is 0.357. The van der Waals surface area contributed by atoms with E-state index in [4.69, 9.17) is 4.42 Å². The maximum absolute atomic E-state index is 5.58. The van der Waals surface area contributed by atoms with E-state index in [1.54, 1.807) is 6.26 Å². The van der Waals surface area contributed by atoms with Crippen molar-refractivity contribution in [2.45, 2.75) is 26.3 Å². The van der Waals surface area contributed by atoms with E-state index < -0.39 is 0 Å². The molecule has 0 fully saturated rings. The van der Waals surface area contributed by atoms with E-state index in [0.717, 1.165) is 34.3 Å². The second kappa shape index (κ2) is 6.16. The van der Waals surface area contributed by atoms with Crippen LogP contribution in [-0.2, 0) is 0 Å². The van der Waals surface area contributed by atoms with Gasteiger partial charge in [-0.1, -0.05) is 13.0 Å². The average molecular weight is 309 g/mol. The largest absolute Gasteiger partial charge is 0.466 e. The summed E-state index contributed by atoms with van der Waals surface area (Å²) in [6.07, 6.45) is 6.52. The Balaban J connectivity index is 2.33. The zero-order valence-corrected chi connectivity index (χ0v) is 12.2. The summed E-state index contributed by atoms with van der Waals surface area (Å²) in [5.41, 5.74) is 2.28. The Morgan fingerprint density at radius 1 is 1.44 bits per heavy atom. The van der Waals surface area contributed by atoms with Crippen molar-refractivity contribution in [2.24, 2.45) is 0 Å². The Hall–Kier alpha value is -1.13. The van der Waals surface area contributed by atoms with Crippen LogP contribution in [0.5, 0.6) is 0 Å². The van der Waals surface area contributed by atoms with Gasteiger partial charge in [0, 0.05) is 12.4 Å². The van der Waals surface area contributed by atoms with E-state index >= 15 is 0 Å². The second-order valence-corrected chi connectivity index (χ2v) is 5.17. The molecule has 3 nitrogen and oxygen atoms in total. The molecule has 2 heterocycles. The minimum absolute atomic E-state index is 0.0433. The zero-order valence-electron chi connectivity index (χ0n) is 10.6. The molecular formula is C14H17BrN2O. The molecule has 18 heavy (non-hydrogen) atoms. The number of hydrogen-bond donors (Lipinski definition) is 1. The van der Waals surface area contributed by atoms with Crippen LogP contribution < -0.4 is 5.32 Å². The van der Waals surface area contributed by atoms with Crippen LogP contribution in [0.2, 0.25) is 0 Å². The molecule has 96 valence electrons. The number of nitrogens with zero attached hydrogens (tertiary/aromatic N) is 1. The minimum Gasteiger partial charge on any atom is -0.466 e. The molecule has 0 amide bonds. The van der Waals surface area contributed by atoms with Gasteiger partial charge in [-0.2, -0.15) is 0 Å². The van der Waals surface area contributed by atoms with E-state index in [2.05, 4.69) is 39.2 Å². The van der Waals surface area contributed by atoms with E-state index in [9.17, 15) is 0 Å². The van der Waals surface area contributed by atoms with Crippen molar-refractivity contribution in [1.29, 1.82) is 0 Å². The summed E-state index contributed by atoms with van der Waals surface area (Å²) in [6, 6.07) is 4.09. The van der Waals surface area contributed by atoms with Crippen LogP contribution in [0.25, 0.3) is 0 Å². The predicted molar refractivity (Wildman–Crippen MR) is 75.5 cm³/mol. The third-order valence-corrected chi connectivity index (χ3v) is 3.39. The summed E-state index contributed by atoms with van der Waals surface area (Å²) < 4.78 is 6.56. The van der Waals surface area contributed by atoms with E-state index in [1.165, 1.54) is 0 Å². The van der Waals surface area contributed by atoms with Gasteiger partial charge in [0.05, 0.1) is 16.8 Å². The molecule has 1 N–H and O–H groups in total. The smallest absolute Gasteiger partial charge is 0.139 e. The number of aryl methyl sites for hydroxylation is 1. The molecule has 0 radical (unpaired) electrons. The maximum atomic E-state index is 5.58.